The Morgan fingerprint density at radius 1 is 1.55 bits per heavy atom. The number of benzene rings is 1. The molecule has 6 nitrogen and oxygen atoms in total. The van der Waals surface area contributed by atoms with Crippen LogP contribution in [0, 0.1) is 5.82 Å². The van der Waals surface area contributed by atoms with Crippen molar-refractivity contribution >= 4 is 23.6 Å². The highest BCUT2D eigenvalue weighted by atomic mass is 35.5. The Hall–Kier alpha value is -1.86. The standard InChI is InChI=1S/C14H16ClFN2O4/c1-22-10-6-18(7-10)14(21)17-12(13(19)20)5-8-4-9(15)2-3-11(8)16/h2-4,10,12H,5-7H2,1H3,(H,17,21)(H,19,20)/t12-/m1/s1. The van der Waals surface area contributed by atoms with Crippen molar-refractivity contribution < 1.29 is 23.8 Å². The number of ether oxygens (including phenoxy) is 1. The number of likely N-dealkylation sites (tertiary alicyclic amines) is 1. The van der Waals surface area contributed by atoms with Crippen LogP contribution in [0.25, 0.3) is 0 Å². The molecular weight excluding hydrogens is 315 g/mol. The van der Waals surface area contributed by atoms with Crippen molar-refractivity contribution in [3.8, 4) is 0 Å². The fourth-order valence-corrected chi connectivity index (χ4v) is 2.31. The van der Waals surface area contributed by atoms with Crippen molar-refractivity contribution in [2.24, 2.45) is 0 Å². The number of hydrogen-bond acceptors (Lipinski definition) is 3. The molecule has 1 aromatic rings. The summed E-state index contributed by atoms with van der Waals surface area (Å²) in [7, 11) is 1.54. The van der Waals surface area contributed by atoms with Crippen LogP contribution in [-0.2, 0) is 16.0 Å². The van der Waals surface area contributed by atoms with Gasteiger partial charge in [-0.1, -0.05) is 11.6 Å². The number of aliphatic carboxylic acids is 1. The second-order valence-electron chi connectivity index (χ2n) is 5.04. The van der Waals surface area contributed by atoms with E-state index >= 15 is 0 Å². The van der Waals surface area contributed by atoms with Crippen molar-refractivity contribution in [2.75, 3.05) is 20.2 Å². The van der Waals surface area contributed by atoms with Gasteiger partial charge >= 0.3 is 12.0 Å². The topological polar surface area (TPSA) is 78.9 Å². The van der Waals surface area contributed by atoms with E-state index in [4.69, 9.17) is 16.3 Å². The molecule has 1 aliphatic heterocycles. The number of amides is 2. The maximum atomic E-state index is 13.7. The summed E-state index contributed by atoms with van der Waals surface area (Å²) in [6.07, 6.45) is -0.214. The van der Waals surface area contributed by atoms with Crippen molar-refractivity contribution in [3.05, 3.63) is 34.6 Å². The van der Waals surface area contributed by atoms with Gasteiger partial charge in [0.05, 0.1) is 19.2 Å². The number of nitrogens with zero attached hydrogens (tertiary/aromatic N) is 1. The van der Waals surface area contributed by atoms with E-state index in [9.17, 15) is 19.1 Å². The average Bonchev–Trinajstić information content (AvgIpc) is 2.40. The molecule has 1 atom stereocenters. The summed E-state index contributed by atoms with van der Waals surface area (Å²) in [5.41, 5.74) is 0.138. The zero-order valence-corrected chi connectivity index (χ0v) is 12.6. The fraction of sp³-hybridized carbons (Fsp3) is 0.429. The summed E-state index contributed by atoms with van der Waals surface area (Å²) in [6.45, 7) is 0.806. The van der Waals surface area contributed by atoms with E-state index in [-0.39, 0.29) is 18.1 Å². The summed E-state index contributed by atoms with van der Waals surface area (Å²) in [6, 6.07) is 2.14. The maximum Gasteiger partial charge on any atom is 0.326 e. The normalized spacial score (nSPS) is 16.0. The number of carbonyl (C=O) groups excluding carboxylic acids is 1. The van der Waals surface area contributed by atoms with Crippen molar-refractivity contribution in [1.29, 1.82) is 0 Å². The molecule has 0 spiro atoms. The Kier molecular flexibility index (Phi) is 5.20. The van der Waals surface area contributed by atoms with Crippen LogP contribution in [0.3, 0.4) is 0 Å². The third-order valence-corrected chi connectivity index (χ3v) is 3.73. The highest BCUT2D eigenvalue weighted by Gasteiger charge is 2.33. The van der Waals surface area contributed by atoms with Crippen molar-refractivity contribution in [3.63, 3.8) is 0 Å². The fourth-order valence-electron chi connectivity index (χ4n) is 2.11. The highest BCUT2D eigenvalue weighted by molar-refractivity contribution is 6.30. The summed E-state index contributed by atoms with van der Waals surface area (Å²) in [4.78, 5) is 24.6. The minimum Gasteiger partial charge on any atom is -0.480 e. The van der Waals surface area contributed by atoms with Gasteiger partial charge in [-0.15, -0.1) is 0 Å². The molecule has 2 amide bonds. The molecule has 0 saturated carbocycles. The molecule has 1 aliphatic rings. The van der Waals surface area contributed by atoms with Crippen LogP contribution >= 0.6 is 11.6 Å². The SMILES string of the molecule is COC1CN(C(=O)N[C@H](Cc2cc(Cl)ccc2F)C(=O)O)C1. The zero-order valence-electron chi connectivity index (χ0n) is 11.9. The molecule has 1 fully saturated rings. The molecule has 1 saturated heterocycles. The van der Waals surface area contributed by atoms with Crippen LogP contribution in [0.15, 0.2) is 18.2 Å². The first kappa shape index (κ1) is 16.5. The molecule has 0 aromatic heterocycles. The molecule has 0 aliphatic carbocycles. The smallest absolute Gasteiger partial charge is 0.326 e. The molecule has 2 rings (SSSR count). The number of rotatable bonds is 5. The Morgan fingerprint density at radius 3 is 2.82 bits per heavy atom. The van der Waals surface area contributed by atoms with Gasteiger partial charge in [0.15, 0.2) is 0 Å². The molecule has 8 heteroatoms. The van der Waals surface area contributed by atoms with Gasteiger partial charge in [0.25, 0.3) is 0 Å². The quantitative estimate of drug-likeness (QED) is 0.858. The second-order valence-corrected chi connectivity index (χ2v) is 5.48. The summed E-state index contributed by atoms with van der Waals surface area (Å²) in [5, 5.41) is 11.9. The first-order valence-corrected chi connectivity index (χ1v) is 7.03. The Balaban J connectivity index is 2.00. The highest BCUT2D eigenvalue weighted by Crippen LogP contribution is 2.17. The lowest BCUT2D eigenvalue weighted by atomic mass is 10.1. The summed E-state index contributed by atoms with van der Waals surface area (Å²) < 4.78 is 18.7. The van der Waals surface area contributed by atoms with E-state index in [0.717, 1.165) is 6.07 Å². The lowest BCUT2D eigenvalue weighted by Gasteiger charge is -2.38. The first-order chi connectivity index (χ1) is 10.4. The van der Waals surface area contributed by atoms with Gasteiger partial charge in [0.1, 0.15) is 11.9 Å². The van der Waals surface area contributed by atoms with Gasteiger partial charge in [0, 0.05) is 18.6 Å². The van der Waals surface area contributed by atoms with E-state index in [1.54, 1.807) is 7.11 Å². The number of hydrogen-bond donors (Lipinski definition) is 2. The van der Waals surface area contributed by atoms with Crippen LogP contribution in [0.4, 0.5) is 9.18 Å². The van der Waals surface area contributed by atoms with Gasteiger partial charge < -0.3 is 20.1 Å². The van der Waals surface area contributed by atoms with Crippen molar-refractivity contribution in [1.82, 2.24) is 10.2 Å². The van der Waals surface area contributed by atoms with E-state index in [1.807, 2.05) is 0 Å². The molecular formula is C14H16ClFN2O4. The Morgan fingerprint density at radius 2 is 2.23 bits per heavy atom. The second kappa shape index (κ2) is 6.93. The van der Waals surface area contributed by atoms with Crippen LogP contribution in [0.2, 0.25) is 5.02 Å². The third-order valence-electron chi connectivity index (χ3n) is 3.50. The van der Waals surface area contributed by atoms with Crippen LogP contribution < -0.4 is 5.32 Å². The van der Waals surface area contributed by atoms with Crippen molar-refractivity contribution in [2.45, 2.75) is 18.6 Å². The Bertz CT molecular complexity index is 578. The van der Waals surface area contributed by atoms with Gasteiger partial charge in [-0.3, -0.25) is 0 Å². The van der Waals surface area contributed by atoms with E-state index in [0.29, 0.717) is 18.1 Å². The lowest BCUT2D eigenvalue weighted by Crippen LogP contribution is -2.59. The molecule has 2 N–H and O–H groups in total. The van der Waals surface area contributed by atoms with Crippen LogP contribution in [0.5, 0.6) is 0 Å². The van der Waals surface area contributed by atoms with E-state index in [1.165, 1.54) is 17.0 Å². The molecule has 22 heavy (non-hydrogen) atoms. The predicted octanol–water partition coefficient (Wildman–Crippen LogP) is 1.51. The Labute approximate surface area is 131 Å². The average molecular weight is 331 g/mol. The summed E-state index contributed by atoms with van der Waals surface area (Å²) >= 11 is 5.78. The lowest BCUT2D eigenvalue weighted by molar-refractivity contribution is -0.139. The minimum absolute atomic E-state index is 0.0283. The largest absolute Gasteiger partial charge is 0.480 e. The molecule has 1 aromatic carbocycles. The van der Waals surface area contributed by atoms with Gasteiger partial charge in [-0.2, -0.15) is 0 Å². The number of carboxylic acid groups (broad SMARTS) is 1. The zero-order chi connectivity index (χ0) is 16.3. The molecule has 0 bridgehead atoms. The van der Waals surface area contributed by atoms with E-state index in [2.05, 4.69) is 5.32 Å². The number of carbonyl (C=O) groups is 2. The monoisotopic (exact) mass is 330 g/mol. The number of methoxy groups -OCH3 is 1. The third kappa shape index (κ3) is 3.86. The maximum absolute atomic E-state index is 13.7. The molecule has 0 radical (unpaired) electrons. The number of carboxylic acids is 1. The van der Waals surface area contributed by atoms with Crippen LogP contribution in [0.1, 0.15) is 5.56 Å². The number of urea groups is 1. The van der Waals surface area contributed by atoms with E-state index < -0.39 is 23.9 Å². The predicted molar refractivity (Wildman–Crippen MR) is 77.4 cm³/mol. The number of halogens is 2. The minimum atomic E-state index is -1.24. The molecule has 0 unspecified atom stereocenters. The van der Waals surface area contributed by atoms with Crippen LogP contribution in [-0.4, -0.2) is 54.4 Å². The van der Waals surface area contributed by atoms with Gasteiger partial charge in [-0.25, -0.2) is 14.0 Å². The van der Waals surface area contributed by atoms with Gasteiger partial charge in [0.2, 0.25) is 0 Å². The molecule has 1 heterocycles. The van der Waals surface area contributed by atoms with Gasteiger partial charge in [-0.05, 0) is 23.8 Å². The number of nitrogens with one attached hydrogen (secondary N) is 1. The summed E-state index contributed by atoms with van der Waals surface area (Å²) in [5.74, 6) is -1.80. The molecule has 120 valence electrons. The first-order valence-electron chi connectivity index (χ1n) is 6.65.